The van der Waals surface area contributed by atoms with Gasteiger partial charge in [0.25, 0.3) is 0 Å². The summed E-state index contributed by atoms with van der Waals surface area (Å²) in [5.74, 6) is 1.01. The van der Waals surface area contributed by atoms with E-state index < -0.39 is 15.4 Å². The average Bonchev–Trinajstić information content (AvgIpc) is 3.35. The van der Waals surface area contributed by atoms with Gasteiger partial charge in [0.2, 0.25) is 11.8 Å². The standard InChI is InChI=1S/C28H31N5O4S2/c1-18-30-16-23(38-18)27-31-24(19-6-8-20(9-7-19)33-12-14-39(35,36)15-13-33)25(37-27)21-4-2-3-5-22(21)26(34)32-28(17-29)10-11-28/h6-9,16,21-22H,2-5,10-15H2,1H3,(H,32,34)/t21-,22-/m1/s1. The number of hydrogen-bond donors (Lipinski definition) is 1. The van der Waals surface area contributed by atoms with E-state index in [2.05, 4.69) is 21.3 Å². The van der Waals surface area contributed by atoms with E-state index in [-0.39, 0.29) is 29.2 Å². The quantitative estimate of drug-likeness (QED) is 0.464. The molecule has 2 saturated carbocycles. The Morgan fingerprint density at radius 2 is 1.90 bits per heavy atom. The predicted molar refractivity (Wildman–Crippen MR) is 149 cm³/mol. The van der Waals surface area contributed by atoms with Crippen molar-refractivity contribution in [3.05, 3.63) is 41.2 Å². The summed E-state index contributed by atoms with van der Waals surface area (Å²) in [5.41, 5.74) is 1.86. The van der Waals surface area contributed by atoms with E-state index >= 15 is 0 Å². The van der Waals surface area contributed by atoms with Gasteiger partial charge in [-0.2, -0.15) is 5.26 Å². The number of anilines is 1. The number of hydrogen-bond acceptors (Lipinski definition) is 9. The molecule has 2 aromatic heterocycles. The Hall–Kier alpha value is -3.23. The third-order valence-electron chi connectivity index (χ3n) is 8.10. The van der Waals surface area contributed by atoms with Gasteiger partial charge in [0.1, 0.15) is 21.9 Å². The fourth-order valence-corrected chi connectivity index (χ4v) is 7.54. The van der Waals surface area contributed by atoms with E-state index in [1.807, 2.05) is 31.2 Å². The first-order valence-electron chi connectivity index (χ1n) is 13.5. The molecule has 6 rings (SSSR count). The van der Waals surface area contributed by atoms with Crippen LogP contribution in [0.15, 0.2) is 34.9 Å². The Labute approximate surface area is 232 Å². The molecule has 0 bridgehead atoms. The summed E-state index contributed by atoms with van der Waals surface area (Å²) in [5, 5.41) is 13.5. The van der Waals surface area contributed by atoms with E-state index in [1.165, 1.54) is 11.3 Å². The van der Waals surface area contributed by atoms with Crippen LogP contribution < -0.4 is 10.2 Å². The minimum absolute atomic E-state index is 0.0771. The molecule has 3 fully saturated rings. The zero-order valence-corrected chi connectivity index (χ0v) is 23.5. The van der Waals surface area contributed by atoms with Gasteiger partial charge < -0.3 is 14.6 Å². The number of nitrogens with one attached hydrogen (secondary N) is 1. The molecule has 3 heterocycles. The summed E-state index contributed by atoms with van der Waals surface area (Å²) >= 11 is 1.51. The number of oxazole rings is 1. The first kappa shape index (κ1) is 26.0. The maximum Gasteiger partial charge on any atom is 0.238 e. The number of nitrogens with zero attached hydrogens (tertiary/aromatic N) is 4. The number of nitriles is 1. The van der Waals surface area contributed by atoms with Gasteiger partial charge in [-0.15, -0.1) is 11.3 Å². The molecule has 2 atom stereocenters. The lowest BCUT2D eigenvalue weighted by Gasteiger charge is -2.30. The third kappa shape index (κ3) is 5.32. The summed E-state index contributed by atoms with van der Waals surface area (Å²) in [7, 11) is -2.96. The van der Waals surface area contributed by atoms with E-state index in [1.54, 1.807) is 6.20 Å². The molecule has 1 aromatic carbocycles. The van der Waals surface area contributed by atoms with Crippen LogP contribution in [0.2, 0.25) is 0 Å². The van der Waals surface area contributed by atoms with E-state index in [9.17, 15) is 18.5 Å². The summed E-state index contributed by atoms with van der Waals surface area (Å²) in [6.07, 6.45) is 6.66. The maximum absolute atomic E-state index is 13.4. The number of benzene rings is 1. The highest BCUT2D eigenvalue weighted by Gasteiger charge is 2.47. The lowest BCUT2D eigenvalue weighted by Crippen LogP contribution is -2.42. The van der Waals surface area contributed by atoms with Crippen molar-refractivity contribution in [2.45, 2.75) is 56.9 Å². The Morgan fingerprint density at radius 1 is 1.18 bits per heavy atom. The van der Waals surface area contributed by atoms with Crippen molar-refractivity contribution in [1.29, 1.82) is 5.26 Å². The molecule has 1 amide bonds. The minimum atomic E-state index is -2.96. The second-order valence-corrected chi connectivity index (χ2v) is 14.4. The smallest absolute Gasteiger partial charge is 0.238 e. The normalized spacial score (nSPS) is 23.6. The zero-order valence-electron chi connectivity index (χ0n) is 21.9. The van der Waals surface area contributed by atoms with Gasteiger partial charge in [-0.25, -0.2) is 18.4 Å². The number of aryl methyl sites for hydroxylation is 1. The highest BCUT2D eigenvalue weighted by Crippen LogP contribution is 2.45. The highest BCUT2D eigenvalue weighted by atomic mass is 32.2. The fraction of sp³-hybridized carbons (Fsp3) is 0.500. The van der Waals surface area contributed by atoms with Crippen molar-refractivity contribution >= 4 is 32.8 Å². The van der Waals surface area contributed by atoms with Crippen LogP contribution in [-0.2, 0) is 14.6 Å². The number of carbonyl (C=O) groups excluding carboxylic acids is 1. The summed E-state index contributed by atoms with van der Waals surface area (Å²) in [6.45, 7) is 2.90. The minimum Gasteiger partial charge on any atom is -0.439 e. The zero-order chi connectivity index (χ0) is 27.2. The molecule has 2 aliphatic carbocycles. The highest BCUT2D eigenvalue weighted by molar-refractivity contribution is 7.91. The van der Waals surface area contributed by atoms with Crippen molar-refractivity contribution < 1.29 is 17.6 Å². The Balaban J connectivity index is 1.34. The van der Waals surface area contributed by atoms with Crippen molar-refractivity contribution in [3.63, 3.8) is 0 Å². The lowest BCUT2D eigenvalue weighted by molar-refractivity contribution is -0.127. The summed E-state index contributed by atoms with van der Waals surface area (Å²) in [4.78, 5) is 25.6. The lowest BCUT2D eigenvalue weighted by atomic mass is 9.76. The molecule has 3 aromatic rings. The number of thiazole rings is 1. The Morgan fingerprint density at radius 3 is 2.54 bits per heavy atom. The van der Waals surface area contributed by atoms with Gasteiger partial charge in [-0.1, -0.05) is 25.0 Å². The maximum atomic E-state index is 13.4. The molecule has 9 nitrogen and oxygen atoms in total. The van der Waals surface area contributed by atoms with Crippen LogP contribution in [0.5, 0.6) is 0 Å². The second-order valence-electron chi connectivity index (χ2n) is 10.8. The largest absolute Gasteiger partial charge is 0.439 e. The molecular weight excluding hydrogens is 534 g/mol. The topological polar surface area (TPSA) is 129 Å². The van der Waals surface area contributed by atoms with Crippen molar-refractivity contribution in [3.8, 4) is 28.1 Å². The number of amides is 1. The van der Waals surface area contributed by atoms with Crippen molar-refractivity contribution in [1.82, 2.24) is 15.3 Å². The van der Waals surface area contributed by atoms with Gasteiger partial charge in [0, 0.05) is 36.2 Å². The predicted octanol–water partition coefficient (Wildman–Crippen LogP) is 4.45. The number of sulfone groups is 1. The van der Waals surface area contributed by atoms with Crippen LogP contribution in [0.4, 0.5) is 5.69 Å². The summed E-state index contributed by atoms with van der Waals surface area (Å²) < 4.78 is 30.2. The molecule has 1 saturated heterocycles. The molecule has 1 aliphatic heterocycles. The third-order valence-corrected chi connectivity index (χ3v) is 10.6. The molecule has 3 aliphatic rings. The molecule has 204 valence electrons. The number of carbonyl (C=O) groups is 1. The second kappa shape index (κ2) is 10.1. The SMILES string of the molecule is Cc1ncc(-c2nc(-c3ccc(N4CCS(=O)(=O)CC4)cc3)c([C@@H]3CCCC[C@H]3C(=O)NC3(C#N)CC3)o2)s1. The molecule has 0 unspecified atom stereocenters. The van der Waals surface area contributed by atoms with Gasteiger partial charge in [-0.05, 0) is 44.7 Å². The van der Waals surface area contributed by atoms with Crippen molar-refractivity contribution in [2.75, 3.05) is 29.5 Å². The molecule has 0 radical (unpaired) electrons. The monoisotopic (exact) mass is 565 g/mol. The van der Waals surface area contributed by atoms with Crippen LogP contribution in [-0.4, -0.2) is 54.4 Å². The average molecular weight is 566 g/mol. The van der Waals surface area contributed by atoms with Crippen LogP contribution in [0.25, 0.3) is 22.0 Å². The van der Waals surface area contributed by atoms with Gasteiger partial charge in [0.15, 0.2) is 9.84 Å². The van der Waals surface area contributed by atoms with Crippen LogP contribution in [0.1, 0.15) is 55.2 Å². The Bertz CT molecular complexity index is 1520. The fourth-order valence-electron chi connectivity index (χ4n) is 5.63. The first-order valence-corrected chi connectivity index (χ1v) is 16.1. The van der Waals surface area contributed by atoms with Gasteiger partial charge in [-0.3, -0.25) is 4.79 Å². The van der Waals surface area contributed by atoms with Crippen LogP contribution >= 0.6 is 11.3 Å². The van der Waals surface area contributed by atoms with Crippen LogP contribution in [0, 0.1) is 24.2 Å². The molecule has 1 N–H and O–H groups in total. The van der Waals surface area contributed by atoms with E-state index in [0.29, 0.717) is 37.6 Å². The van der Waals surface area contributed by atoms with E-state index in [4.69, 9.17) is 9.40 Å². The van der Waals surface area contributed by atoms with E-state index in [0.717, 1.165) is 52.5 Å². The molecule has 39 heavy (non-hydrogen) atoms. The van der Waals surface area contributed by atoms with Gasteiger partial charge in [0.05, 0.1) is 28.8 Å². The molecule has 0 spiro atoms. The van der Waals surface area contributed by atoms with Crippen LogP contribution in [0.3, 0.4) is 0 Å². The van der Waals surface area contributed by atoms with Gasteiger partial charge >= 0.3 is 0 Å². The Kier molecular flexibility index (Phi) is 6.71. The summed E-state index contributed by atoms with van der Waals surface area (Å²) in [6, 6.07) is 10.3. The molecular formula is C28H31N5O4S2. The number of aromatic nitrogens is 2. The molecule has 11 heteroatoms. The first-order chi connectivity index (χ1) is 18.8. The van der Waals surface area contributed by atoms with Crippen molar-refractivity contribution in [2.24, 2.45) is 5.92 Å². The number of rotatable bonds is 6.